The molecule has 0 saturated heterocycles. The van der Waals surface area contributed by atoms with Crippen molar-refractivity contribution in [1.29, 1.82) is 0 Å². The minimum atomic E-state index is 0.852. The number of benzene rings is 1. The summed E-state index contributed by atoms with van der Waals surface area (Å²) in [6.07, 6.45) is 4.33. The molecule has 1 aromatic carbocycles. The van der Waals surface area contributed by atoms with Crippen LogP contribution in [0, 0.1) is 0 Å². The first-order valence-corrected chi connectivity index (χ1v) is 6.76. The van der Waals surface area contributed by atoms with E-state index in [0.29, 0.717) is 0 Å². The molecule has 1 aromatic heterocycles. The number of aryl methyl sites for hydroxylation is 1. The van der Waals surface area contributed by atoms with Crippen molar-refractivity contribution in [3.63, 3.8) is 0 Å². The number of allylic oxidation sites excluding steroid dienone is 2. The SMILES string of the molecule is CC=C(C)c1ccccc1-c1nnnn1CCCC. The van der Waals surface area contributed by atoms with Gasteiger partial charge in [0, 0.05) is 12.1 Å². The van der Waals surface area contributed by atoms with E-state index in [1.165, 1.54) is 11.1 Å². The number of hydrogen-bond donors (Lipinski definition) is 0. The summed E-state index contributed by atoms with van der Waals surface area (Å²) in [6, 6.07) is 8.27. The van der Waals surface area contributed by atoms with Crippen molar-refractivity contribution in [2.24, 2.45) is 0 Å². The molecule has 0 atom stereocenters. The molecule has 0 N–H and O–H groups in total. The van der Waals surface area contributed by atoms with Crippen LogP contribution in [0.2, 0.25) is 0 Å². The standard InChI is InChI=1S/C15H20N4/c1-4-6-11-19-15(16-17-18-19)14-10-8-7-9-13(14)12(3)5-2/h5,7-10H,4,6,11H2,1-3H3. The molecule has 0 unspecified atom stereocenters. The first-order valence-electron chi connectivity index (χ1n) is 6.76. The summed E-state index contributed by atoms with van der Waals surface area (Å²) in [7, 11) is 0. The first-order chi connectivity index (χ1) is 9.27. The maximum Gasteiger partial charge on any atom is 0.182 e. The van der Waals surface area contributed by atoms with Crippen molar-refractivity contribution in [1.82, 2.24) is 20.2 Å². The van der Waals surface area contributed by atoms with Crippen LogP contribution in [0.15, 0.2) is 30.3 Å². The third-order valence-electron chi connectivity index (χ3n) is 3.28. The van der Waals surface area contributed by atoms with Crippen LogP contribution < -0.4 is 0 Å². The van der Waals surface area contributed by atoms with E-state index in [1.54, 1.807) is 0 Å². The molecule has 2 rings (SSSR count). The van der Waals surface area contributed by atoms with E-state index in [4.69, 9.17) is 0 Å². The Kier molecular flexibility index (Phi) is 4.44. The smallest absolute Gasteiger partial charge is 0.182 e. The molecule has 0 aliphatic heterocycles. The van der Waals surface area contributed by atoms with Crippen molar-refractivity contribution < 1.29 is 0 Å². The van der Waals surface area contributed by atoms with Crippen molar-refractivity contribution >= 4 is 5.57 Å². The predicted octanol–water partition coefficient (Wildman–Crippen LogP) is 3.56. The van der Waals surface area contributed by atoms with Gasteiger partial charge in [-0.25, -0.2) is 4.68 Å². The third-order valence-corrected chi connectivity index (χ3v) is 3.28. The van der Waals surface area contributed by atoms with E-state index in [0.717, 1.165) is 30.8 Å². The average Bonchev–Trinajstić information content (AvgIpc) is 2.92. The minimum Gasteiger partial charge on any atom is -0.225 e. The Morgan fingerprint density at radius 3 is 2.84 bits per heavy atom. The number of hydrogen-bond acceptors (Lipinski definition) is 3. The van der Waals surface area contributed by atoms with Crippen LogP contribution in [0.1, 0.15) is 39.2 Å². The summed E-state index contributed by atoms with van der Waals surface area (Å²) < 4.78 is 1.89. The largest absolute Gasteiger partial charge is 0.225 e. The lowest BCUT2D eigenvalue weighted by Crippen LogP contribution is -2.04. The number of unbranched alkanes of at least 4 members (excludes halogenated alkanes) is 1. The summed E-state index contributed by atoms with van der Waals surface area (Å²) in [5, 5.41) is 12.1. The summed E-state index contributed by atoms with van der Waals surface area (Å²) in [5.41, 5.74) is 3.53. The second-order valence-electron chi connectivity index (χ2n) is 4.60. The van der Waals surface area contributed by atoms with Crippen LogP contribution in [0.4, 0.5) is 0 Å². The Morgan fingerprint density at radius 2 is 2.11 bits per heavy atom. The topological polar surface area (TPSA) is 43.6 Å². The molecule has 0 amide bonds. The zero-order chi connectivity index (χ0) is 13.7. The Balaban J connectivity index is 2.45. The molecule has 2 aromatic rings. The Bertz CT molecular complexity index is 569. The maximum absolute atomic E-state index is 4.19. The van der Waals surface area contributed by atoms with Crippen LogP contribution in [0.3, 0.4) is 0 Å². The molecule has 0 radical (unpaired) electrons. The number of rotatable bonds is 5. The van der Waals surface area contributed by atoms with Gasteiger partial charge in [-0.15, -0.1) is 5.10 Å². The molecule has 0 spiro atoms. The van der Waals surface area contributed by atoms with Gasteiger partial charge >= 0.3 is 0 Å². The highest BCUT2D eigenvalue weighted by Gasteiger charge is 2.12. The Hall–Kier alpha value is -1.97. The average molecular weight is 256 g/mol. The fourth-order valence-electron chi connectivity index (χ4n) is 2.03. The minimum absolute atomic E-state index is 0.852. The maximum atomic E-state index is 4.19. The van der Waals surface area contributed by atoms with Gasteiger partial charge in [0.15, 0.2) is 5.82 Å². The fourth-order valence-corrected chi connectivity index (χ4v) is 2.03. The zero-order valence-corrected chi connectivity index (χ0v) is 11.8. The Morgan fingerprint density at radius 1 is 1.32 bits per heavy atom. The molecule has 0 aliphatic carbocycles. The fraction of sp³-hybridized carbons (Fsp3) is 0.400. The van der Waals surface area contributed by atoms with Crippen molar-refractivity contribution in [3.8, 4) is 11.4 Å². The third kappa shape index (κ3) is 2.89. The monoisotopic (exact) mass is 256 g/mol. The molecule has 1 heterocycles. The summed E-state index contributed by atoms with van der Waals surface area (Å²) in [4.78, 5) is 0. The molecule has 4 nitrogen and oxygen atoms in total. The van der Waals surface area contributed by atoms with Gasteiger partial charge in [-0.1, -0.05) is 43.7 Å². The molecule has 4 heteroatoms. The van der Waals surface area contributed by atoms with E-state index in [2.05, 4.69) is 47.6 Å². The van der Waals surface area contributed by atoms with Gasteiger partial charge in [0.05, 0.1) is 0 Å². The number of tetrazole rings is 1. The van der Waals surface area contributed by atoms with E-state index in [-0.39, 0.29) is 0 Å². The van der Waals surface area contributed by atoms with Gasteiger partial charge in [0.1, 0.15) is 0 Å². The van der Waals surface area contributed by atoms with Crippen LogP contribution in [-0.4, -0.2) is 20.2 Å². The molecule has 0 bridgehead atoms. The predicted molar refractivity (Wildman–Crippen MR) is 77.5 cm³/mol. The second-order valence-corrected chi connectivity index (χ2v) is 4.60. The summed E-state index contributed by atoms with van der Waals surface area (Å²) in [5.74, 6) is 0.852. The number of aromatic nitrogens is 4. The lowest BCUT2D eigenvalue weighted by atomic mass is 10.0. The number of nitrogens with zero attached hydrogens (tertiary/aromatic N) is 4. The van der Waals surface area contributed by atoms with Crippen LogP contribution in [-0.2, 0) is 6.54 Å². The van der Waals surface area contributed by atoms with Crippen LogP contribution in [0.5, 0.6) is 0 Å². The quantitative estimate of drug-likeness (QED) is 0.821. The van der Waals surface area contributed by atoms with Gasteiger partial charge in [-0.3, -0.25) is 0 Å². The van der Waals surface area contributed by atoms with Crippen molar-refractivity contribution in [3.05, 3.63) is 35.9 Å². The van der Waals surface area contributed by atoms with E-state index < -0.39 is 0 Å². The zero-order valence-electron chi connectivity index (χ0n) is 11.8. The highest BCUT2D eigenvalue weighted by atomic mass is 15.5. The molecule has 0 aliphatic rings. The summed E-state index contributed by atoms with van der Waals surface area (Å²) >= 11 is 0. The van der Waals surface area contributed by atoms with E-state index in [1.807, 2.05) is 23.7 Å². The van der Waals surface area contributed by atoms with Crippen LogP contribution >= 0.6 is 0 Å². The van der Waals surface area contributed by atoms with Crippen molar-refractivity contribution in [2.45, 2.75) is 40.2 Å². The van der Waals surface area contributed by atoms with E-state index >= 15 is 0 Å². The Labute approximate surface area is 114 Å². The first kappa shape index (κ1) is 13.5. The molecule has 0 fully saturated rings. The van der Waals surface area contributed by atoms with Gasteiger partial charge in [-0.2, -0.15) is 0 Å². The van der Waals surface area contributed by atoms with E-state index in [9.17, 15) is 0 Å². The van der Waals surface area contributed by atoms with Gasteiger partial charge in [0.2, 0.25) is 0 Å². The normalized spacial score (nSPS) is 11.8. The molecule has 0 saturated carbocycles. The lowest BCUT2D eigenvalue weighted by Gasteiger charge is -2.09. The van der Waals surface area contributed by atoms with Gasteiger partial charge < -0.3 is 0 Å². The van der Waals surface area contributed by atoms with Crippen LogP contribution in [0.25, 0.3) is 17.0 Å². The van der Waals surface area contributed by atoms with Gasteiger partial charge in [0.25, 0.3) is 0 Å². The lowest BCUT2D eigenvalue weighted by molar-refractivity contribution is 0.557. The summed E-state index contributed by atoms with van der Waals surface area (Å²) in [6.45, 7) is 7.19. The molecule has 100 valence electrons. The highest BCUT2D eigenvalue weighted by molar-refractivity contribution is 5.77. The molecular weight excluding hydrogens is 236 g/mol. The molecule has 19 heavy (non-hydrogen) atoms. The van der Waals surface area contributed by atoms with Gasteiger partial charge in [-0.05, 0) is 41.8 Å². The second kappa shape index (κ2) is 6.27. The molecular formula is C15H20N4. The van der Waals surface area contributed by atoms with Crippen molar-refractivity contribution in [2.75, 3.05) is 0 Å². The highest BCUT2D eigenvalue weighted by Crippen LogP contribution is 2.26.